The normalized spacial score (nSPS) is 48.8. The molecule has 1 saturated heterocycles. The highest BCUT2D eigenvalue weighted by molar-refractivity contribution is 6.01. The zero-order chi connectivity index (χ0) is 24.5. The highest BCUT2D eigenvalue weighted by Gasteiger charge is 2.77. The van der Waals surface area contributed by atoms with Gasteiger partial charge in [-0.2, -0.15) is 5.26 Å². The van der Waals surface area contributed by atoms with Crippen molar-refractivity contribution < 1.29 is 28.9 Å². The predicted octanol–water partition coefficient (Wildman–Crippen LogP) is 3.47. The molecule has 4 aliphatic carbocycles. The molecule has 0 aromatic heterocycles. The molecular formula is C27H35NO6. The first kappa shape index (κ1) is 23.7. The average molecular weight is 470 g/mol. The molecule has 1 aliphatic heterocycles. The number of hydrogen-bond donors (Lipinski definition) is 1. The van der Waals surface area contributed by atoms with Gasteiger partial charge in [0.25, 0.3) is 0 Å². The van der Waals surface area contributed by atoms with E-state index in [0.717, 1.165) is 18.4 Å². The highest BCUT2D eigenvalue weighted by Crippen LogP contribution is 2.70. The predicted molar refractivity (Wildman–Crippen MR) is 122 cm³/mol. The number of esters is 1. The molecule has 4 fully saturated rings. The lowest BCUT2D eigenvalue weighted by Gasteiger charge is -2.60. The zero-order valence-electron chi connectivity index (χ0n) is 20.5. The summed E-state index contributed by atoms with van der Waals surface area (Å²) in [4.78, 5) is 25.7. The van der Waals surface area contributed by atoms with Crippen molar-refractivity contribution in [1.29, 1.82) is 5.26 Å². The molecule has 5 aliphatic rings. The number of fused-ring (bicyclic) bond motifs is 7. The molecule has 1 heterocycles. The van der Waals surface area contributed by atoms with Crippen LogP contribution < -0.4 is 0 Å². The van der Waals surface area contributed by atoms with Crippen LogP contribution >= 0.6 is 0 Å². The Balaban J connectivity index is 1.57. The first-order valence-corrected chi connectivity index (χ1v) is 12.6. The smallest absolute Gasteiger partial charge is 0.342 e. The lowest BCUT2D eigenvalue weighted by Crippen LogP contribution is -2.64. The molecule has 0 amide bonds. The van der Waals surface area contributed by atoms with Crippen molar-refractivity contribution in [2.45, 2.75) is 83.9 Å². The summed E-state index contributed by atoms with van der Waals surface area (Å²) < 4.78 is 18.2. The fourth-order valence-electron chi connectivity index (χ4n) is 8.48. The summed E-state index contributed by atoms with van der Waals surface area (Å²) in [6.45, 7) is 8.03. The molecule has 184 valence electrons. The minimum atomic E-state index is -1.33. The molecule has 7 heteroatoms. The summed E-state index contributed by atoms with van der Waals surface area (Å²) in [5, 5.41) is 20.7. The van der Waals surface area contributed by atoms with Crippen molar-refractivity contribution in [3.05, 3.63) is 23.8 Å². The average Bonchev–Trinajstić information content (AvgIpc) is 3.26. The summed E-state index contributed by atoms with van der Waals surface area (Å²) >= 11 is 0. The molecule has 0 spiro atoms. The van der Waals surface area contributed by atoms with E-state index >= 15 is 0 Å². The third kappa shape index (κ3) is 2.98. The molecule has 0 aromatic carbocycles. The Morgan fingerprint density at radius 2 is 2.12 bits per heavy atom. The van der Waals surface area contributed by atoms with Gasteiger partial charge in [-0.05, 0) is 55.6 Å². The van der Waals surface area contributed by atoms with Gasteiger partial charge in [0, 0.05) is 16.7 Å². The van der Waals surface area contributed by atoms with Gasteiger partial charge in [-0.1, -0.05) is 45.8 Å². The van der Waals surface area contributed by atoms with Crippen LogP contribution in [0, 0.1) is 45.8 Å². The number of allylic oxidation sites excluding steroid dienone is 4. The first-order chi connectivity index (χ1) is 16.1. The van der Waals surface area contributed by atoms with Crippen LogP contribution in [0.5, 0.6) is 0 Å². The van der Waals surface area contributed by atoms with Crippen LogP contribution in [0.1, 0.15) is 59.8 Å². The van der Waals surface area contributed by atoms with Gasteiger partial charge in [-0.3, -0.25) is 4.79 Å². The van der Waals surface area contributed by atoms with E-state index in [1.54, 1.807) is 12.2 Å². The van der Waals surface area contributed by atoms with Crippen LogP contribution in [0.3, 0.4) is 0 Å². The third-order valence-electron chi connectivity index (χ3n) is 9.71. The van der Waals surface area contributed by atoms with E-state index in [1.807, 2.05) is 26.0 Å². The van der Waals surface area contributed by atoms with E-state index < -0.39 is 40.9 Å². The van der Waals surface area contributed by atoms with Crippen LogP contribution in [0.15, 0.2) is 23.8 Å². The highest BCUT2D eigenvalue weighted by atomic mass is 16.8. The number of aliphatic hydroxyl groups is 1. The number of nitriles is 1. The van der Waals surface area contributed by atoms with Gasteiger partial charge < -0.3 is 19.3 Å². The number of ether oxygens (including phenoxy) is 3. The zero-order valence-corrected chi connectivity index (χ0v) is 20.5. The van der Waals surface area contributed by atoms with Gasteiger partial charge in [-0.15, -0.1) is 0 Å². The Bertz CT molecular complexity index is 998. The molecule has 7 nitrogen and oxygen atoms in total. The van der Waals surface area contributed by atoms with Crippen LogP contribution in [-0.4, -0.2) is 47.6 Å². The van der Waals surface area contributed by atoms with Crippen molar-refractivity contribution in [3.8, 4) is 6.07 Å². The van der Waals surface area contributed by atoms with Gasteiger partial charge in [0.2, 0.25) is 0 Å². The Labute approximate surface area is 201 Å². The molecule has 3 saturated carbocycles. The summed E-state index contributed by atoms with van der Waals surface area (Å²) in [5.74, 6) is -0.207. The fraction of sp³-hybridized carbons (Fsp3) is 0.741. The van der Waals surface area contributed by atoms with E-state index in [-0.39, 0.29) is 36.1 Å². The van der Waals surface area contributed by atoms with Crippen LogP contribution in [0.4, 0.5) is 0 Å². The summed E-state index contributed by atoms with van der Waals surface area (Å²) in [6, 6.07) is 1.89. The molecule has 0 radical (unpaired) electrons. The Hall–Kier alpha value is -2.01. The van der Waals surface area contributed by atoms with Crippen molar-refractivity contribution in [3.63, 3.8) is 0 Å². The van der Waals surface area contributed by atoms with E-state index in [0.29, 0.717) is 19.3 Å². The maximum atomic E-state index is 13.6. The monoisotopic (exact) mass is 469 g/mol. The maximum absolute atomic E-state index is 13.6. The van der Waals surface area contributed by atoms with Crippen molar-refractivity contribution in [2.75, 3.05) is 6.61 Å². The molecule has 5 rings (SSSR count). The molecule has 3 unspecified atom stereocenters. The number of aliphatic hydroxyl groups excluding tert-OH is 1. The SMILES string of the molecule is CCC[C@@H]1O[C@@H]2CC3C4C[C@H](C)C5=CC(=O)C=C[C@]5(C)C4[C@@H](O)C[C@]3(C)[C@]2(C(=O)OCC#N)O1. The molecule has 0 bridgehead atoms. The van der Waals surface area contributed by atoms with Gasteiger partial charge >= 0.3 is 5.97 Å². The van der Waals surface area contributed by atoms with Gasteiger partial charge in [0.1, 0.15) is 12.2 Å². The Morgan fingerprint density at radius 1 is 1.35 bits per heavy atom. The van der Waals surface area contributed by atoms with Crippen molar-refractivity contribution in [2.24, 2.45) is 34.5 Å². The van der Waals surface area contributed by atoms with Gasteiger partial charge in [-0.25, -0.2) is 4.79 Å². The first-order valence-electron chi connectivity index (χ1n) is 12.6. The van der Waals surface area contributed by atoms with Crippen LogP contribution in [-0.2, 0) is 23.8 Å². The van der Waals surface area contributed by atoms with E-state index in [1.165, 1.54) is 0 Å². The molecule has 1 N–H and O–H groups in total. The molecule has 34 heavy (non-hydrogen) atoms. The minimum absolute atomic E-state index is 0.00580. The molecule has 10 atom stereocenters. The maximum Gasteiger partial charge on any atom is 0.342 e. The van der Waals surface area contributed by atoms with Gasteiger partial charge in [0.15, 0.2) is 24.3 Å². The number of rotatable bonds is 4. The van der Waals surface area contributed by atoms with Crippen LogP contribution in [0.25, 0.3) is 0 Å². The lowest BCUT2D eigenvalue weighted by molar-refractivity contribution is -0.215. The third-order valence-corrected chi connectivity index (χ3v) is 9.71. The summed E-state index contributed by atoms with van der Waals surface area (Å²) in [5.41, 5.74) is -1.34. The van der Waals surface area contributed by atoms with Crippen molar-refractivity contribution >= 4 is 11.8 Å². The van der Waals surface area contributed by atoms with E-state index in [9.17, 15) is 14.7 Å². The number of nitrogens with zero attached hydrogens (tertiary/aromatic N) is 1. The van der Waals surface area contributed by atoms with Gasteiger partial charge in [0.05, 0.1) is 6.10 Å². The summed E-state index contributed by atoms with van der Waals surface area (Å²) in [7, 11) is 0. The number of hydrogen-bond acceptors (Lipinski definition) is 7. The number of carbonyl (C=O) groups excluding carboxylic acids is 2. The minimum Gasteiger partial charge on any atom is -0.448 e. The second kappa shape index (κ2) is 8.01. The van der Waals surface area contributed by atoms with Crippen molar-refractivity contribution in [1.82, 2.24) is 0 Å². The Morgan fingerprint density at radius 3 is 2.82 bits per heavy atom. The Kier molecular flexibility index (Phi) is 5.59. The molecular weight excluding hydrogens is 434 g/mol. The second-order valence-electron chi connectivity index (χ2n) is 11.4. The van der Waals surface area contributed by atoms with Crippen LogP contribution in [0.2, 0.25) is 0 Å². The number of carbonyl (C=O) groups is 2. The second-order valence-corrected chi connectivity index (χ2v) is 11.4. The lowest BCUT2D eigenvalue weighted by atomic mass is 9.45. The quantitative estimate of drug-likeness (QED) is 0.629. The van der Waals surface area contributed by atoms with E-state index in [2.05, 4.69) is 13.8 Å². The number of ketones is 1. The standard InChI is InChI=1S/C27H35NO6/c1-5-6-22-33-21-13-19-17-11-15(2)18-12-16(29)7-8-25(18,3)23(17)20(30)14-26(19,4)27(21,34-22)24(31)32-10-9-28/h7-8,12,15,17,19-23,30H,5-6,10-11,13-14H2,1-4H3/t15-,17?,19?,20-,21+,22+,23?,25-,26-,27-/m0/s1. The topological polar surface area (TPSA) is 106 Å². The van der Waals surface area contributed by atoms with E-state index in [4.69, 9.17) is 19.5 Å². The largest absolute Gasteiger partial charge is 0.448 e. The molecule has 0 aromatic rings. The fourth-order valence-corrected chi connectivity index (χ4v) is 8.48. The summed E-state index contributed by atoms with van der Waals surface area (Å²) in [6.07, 6.45) is 7.10.